The normalized spacial score (nSPS) is 10.0. The van der Waals surface area contributed by atoms with E-state index in [0.29, 0.717) is 12.3 Å². The Morgan fingerprint density at radius 3 is 2.00 bits per heavy atom. The Bertz CT molecular complexity index is 831. The molecule has 0 bridgehead atoms. The van der Waals surface area contributed by atoms with Crippen LogP contribution >= 0.6 is 0 Å². The molecule has 3 rings (SSSR count). The summed E-state index contributed by atoms with van der Waals surface area (Å²) < 4.78 is 10.3. The van der Waals surface area contributed by atoms with Crippen molar-refractivity contribution in [3.8, 4) is 5.75 Å². The van der Waals surface area contributed by atoms with E-state index in [2.05, 4.69) is 15.4 Å². The molecule has 0 atom stereocenters. The molecule has 132 valence electrons. The smallest absolute Gasteiger partial charge is 0.411 e. The lowest BCUT2D eigenvalue weighted by molar-refractivity contribution is 0.187. The van der Waals surface area contributed by atoms with E-state index < -0.39 is 6.09 Å². The van der Waals surface area contributed by atoms with Crippen molar-refractivity contribution in [2.24, 2.45) is 0 Å². The summed E-state index contributed by atoms with van der Waals surface area (Å²) in [5.41, 5.74) is 3.67. The van der Waals surface area contributed by atoms with Gasteiger partial charge in [0.05, 0.1) is 7.11 Å². The van der Waals surface area contributed by atoms with Crippen LogP contribution < -0.4 is 15.4 Å². The van der Waals surface area contributed by atoms with E-state index in [-0.39, 0.29) is 0 Å². The standard InChI is InChI=1S/C21H20N2O3/c1-25-21(24)23-19-9-7-17(8-10-19)22-18-11-13-20(14-12-18)26-15-16-5-3-2-4-6-16/h2-14,22H,15H2,1H3,(H,23,24). The molecule has 0 unspecified atom stereocenters. The Hall–Kier alpha value is -3.47. The minimum absolute atomic E-state index is 0.489. The Kier molecular flexibility index (Phi) is 5.72. The predicted octanol–water partition coefficient (Wildman–Crippen LogP) is 5.19. The molecule has 0 aliphatic heterocycles. The summed E-state index contributed by atoms with van der Waals surface area (Å²) in [6.45, 7) is 0.544. The molecule has 3 aromatic rings. The minimum atomic E-state index is -0.489. The monoisotopic (exact) mass is 348 g/mol. The van der Waals surface area contributed by atoms with Gasteiger partial charge in [-0.25, -0.2) is 4.79 Å². The number of benzene rings is 3. The molecule has 0 saturated heterocycles. The lowest BCUT2D eigenvalue weighted by atomic mass is 10.2. The molecule has 5 heteroatoms. The fraction of sp³-hybridized carbons (Fsp3) is 0.0952. The van der Waals surface area contributed by atoms with Crippen LogP contribution in [0.5, 0.6) is 5.75 Å². The molecular weight excluding hydrogens is 328 g/mol. The van der Waals surface area contributed by atoms with Crippen LogP contribution in [0.25, 0.3) is 0 Å². The first-order valence-electron chi connectivity index (χ1n) is 8.22. The predicted molar refractivity (Wildman–Crippen MR) is 103 cm³/mol. The second-order valence-corrected chi connectivity index (χ2v) is 5.62. The zero-order chi connectivity index (χ0) is 18.2. The fourth-order valence-corrected chi connectivity index (χ4v) is 2.35. The first kappa shape index (κ1) is 17.4. The van der Waals surface area contributed by atoms with Gasteiger partial charge in [-0.3, -0.25) is 5.32 Å². The van der Waals surface area contributed by atoms with E-state index >= 15 is 0 Å². The van der Waals surface area contributed by atoms with Gasteiger partial charge in [-0.05, 0) is 54.1 Å². The quantitative estimate of drug-likeness (QED) is 0.644. The Morgan fingerprint density at radius 1 is 0.808 bits per heavy atom. The fourth-order valence-electron chi connectivity index (χ4n) is 2.35. The summed E-state index contributed by atoms with van der Waals surface area (Å²) in [6.07, 6.45) is -0.489. The average molecular weight is 348 g/mol. The Labute approximate surface area is 152 Å². The molecule has 0 aliphatic rings. The number of rotatable bonds is 6. The van der Waals surface area contributed by atoms with E-state index in [1.54, 1.807) is 12.1 Å². The number of carbonyl (C=O) groups is 1. The maximum Gasteiger partial charge on any atom is 0.411 e. The third-order valence-corrected chi connectivity index (χ3v) is 3.71. The lowest BCUT2D eigenvalue weighted by Crippen LogP contribution is -2.10. The van der Waals surface area contributed by atoms with Crippen molar-refractivity contribution in [3.63, 3.8) is 0 Å². The molecule has 2 N–H and O–H groups in total. The molecule has 0 spiro atoms. The number of nitrogens with one attached hydrogen (secondary N) is 2. The summed E-state index contributed by atoms with van der Waals surface area (Å²) in [4.78, 5) is 11.2. The average Bonchev–Trinajstić information content (AvgIpc) is 2.69. The van der Waals surface area contributed by atoms with Gasteiger partial charge >= 0.3 is 6.09 Å². The van der Waals surface area contributed by atoms with Crippen LogP contribution in [0.3, 0.4) is 0 Å². The Morgan fingerprint density at radius 2 is 1.38 bits per heavy atom. The van der Waals surface area contributed by atoms with Gasteiger partial charge in [0.1, 0.15) is 12.4 Å². The van der Waals surface area contributed by atoms with E-state index in [4.69, 9.17) is 4.74 Å². The van der Waals surface area contributed by atoms with Gasteiger partial charge in [0.2, 0.25) is 0 Å². The van der Waals surface area contributed by atoms with E-state index in [9.17, 15) is 4.79 Å². The van der Waals surface area contributed by atoms with Crippen molar-refractivity contribution in [1.29, 1.82) is 0 Å². The van der Waals surface area contributed by atoms with Crippen LogP contribution in [-0.2, 0) is 11.3 Å². The second-order valence-electron chi connectivity index (χ2n) is 5.62. The number of carbonyl (C=O) groups excluding carboxylic acids is 1. The number of hydrogen-bond acceptors (Lipinski definition) is 4. The molecule has 0 heterocycles. The van der Waals surface area contributed by atoms with Gasteiger partial charge in [-0.2, -0.15) is 0 Å². The van der Waals surface area contributed by atoms with Gasteiger partial charge in [0.15, 0.2) is 0 Å². The molecular formula is C21H20N2O3. The largest absolute Gasteiger partial charge is 0.489 e. The van der Waals surface area contributed by atoms with Gasteiger partial charge in [0, 0.05) is 17.1 Å². The van der Waals surface area contributed by atoms with Gasteiger partial charge in [-0.1, -0.05) is 30.3 Å². The molecule has 5 nitrogen and oxygen atoms in total. The number of amides is 1. The number of anilines is 3. The number of methoxy groups -OCH3 is 1. The molecule has 0 aliphatic carbocycles. The second kappa shape index (κ2) is 8.58. The molecule has 1 amide bonds. The highest BCUT2D eigenvalue weighted by atomic mass is 16.5. The summed E-state index contributed by atoms with van der Waals surface area (Å²) in [6, 6.07) is 25.2. The molecule has 0 aromatic heterocycles. The SMILES string of the molecule is COC(=O)Nc1ccc(Nc2ccc(OCc3ccccc3)cc2)cc1. The van der Waals surface area contributed by atoms with Crippen molar-refractivity contribution in [2.45, 2.75) is 6.61 Å². The molecule has 0 fully saturated rings. The highest BCUT2D eigenvalue weighted by molar-refractivity contribution is 5.84. The van der Waals surface area contributed by atoms with Crippen LogP contribution in [-0.4, -0.2) is 13.2 Å². The molecule has 0 radical (unpaired) electrons. The van der Waals surface area contributed by atoms with E-state index in [1.807, 2.05) is 66.7 Å². The summed E-state index contributed by atoms with van der Waals surface area (Å²) in [5, 5.41) is 5.91. The summed E-state index contributed by atoms with van der Waals surface area (Å²) in [7, 11) is 1.33. The molecule has 3 aromatic carbocycles. The van der Waals surface area contributed by atoms with Crippen molar-refractivity contribution >= 4 is 23.2 Å². The topological polar surface area (TPSA) is 59.6 Å². The van der Waals surface area contributed by atoms with Crippen LogP contribution in [0.1, 0.15) is 5.56 Å². The third kappa shape index (κ3) is 5.01. The van der Waals surface area contributed by atoms with Crippen LogP contribution in [0.4, 0.5) is 21.9 Å². The number of ether oxygens (including phenoxy) is 2. The highest BCUT2D eigenvalue weighted by Crippen LogP contribution is 2.22. The maximum absolute atomic E-state index is 11.2. The van der Waals surface area contributed by atoms with Crippen LogP contribution in [0, 0.1) is 0 Å². The zero-order valence-electron chi connectivity index (χ0n) is 14.4. The van der Waals surface area contributed by atoms with Gasteiger partial charge in [-0.15, -0.1) is 0 Å². The number of hydrogen-bond donors (Lipinski definition) is 2. The van der Waals surface area contributed by atoms with Gasteiger partial charge in [0.25, 0.3) is 0 Å². The third-order valence-electron chi connectivity index (χ3n) is 3.71. The zero-order valence-corrected chi connectivity index (χ0v) is 14.4. The Balaban J connectivity index is 1.54. The highest BCUT2D eigenvalue weighted by Gasteiger charge is 2.01. The van der Waals surface area contributed by atoms with E-state index in [1.165, 1.54) is 7.11 Å². The van der Waals surface area contributed by atoms with Crippen LogP contribution in [0.2, 0.25) is 0 Å². The summed E-state index contributed by atoms with van der Waals surface area (Å²) >= 11 is 0. The van der Waals surface area contributed by atoms with E-state index in [0.717, 1.165) is 22.7 Å². The van der Waals surface area contributed by atoms with Crippen molar-refractivity contribution < 1.29 is 14.3 Å². The van der Waals surface area contributed by atoms with Crippen molar-refractivity contribution in [2.75, 3.05) is 17.7 Å². The van der Waals surface area contributed by atoms with Gasteiger partial charge < -0.3 is 14.8 Å². The summed E-state index contributed by atoms with van der Waals surface area (Å²) in [5.74, 6) is 0.817. The van der Waals surface area contributed by atoms with Crippen molar-refractivity contribution in [3.05, 3.63) is 84.4 Å². The first-order chi connectivity index (χ1) is 12.7. The van der Waals surface area contributed by atoms with Crippen LogP contribution in [0.15, 0.2) is 78.9 Å². The lowest BCUT2D eigenvalue weighted by Gasteiger charge is -2.10. The molecule has 0 saturated carbocycles. The minimum Gasteiger partial charge on any atom is -0.489 e. The first-order valence-corrected chi connectivity index (χ1v) is 8.22. The van der Waals surface area contributed by atoms with Crippen molar-refractivity contribution in [1.82, 2.24) is 0 Å². The molecule has 26 heavy (non-hydrogen) atoms. The maximum atomic E-state index is 11.2.